The standard InChI is InChI=1S/C29H32N2O5S/c1-17(2)22-9-11-23(12-10-22)31-37(35)24-13-14-26-25(16-24)28(20(5)32)27(19(4)30-26)29(34)18(3)8-7-15-36-21(6)33/h9-14,16-17,31H,3,7-8,15H2,1-2,4-6H3. The number of ether oxygens (including phenoxy) is 1. The minimum Gasteiger partial charge on any atom is -0.588 e. The molecule has 0 amide bonds. The summed E-state index contributed by atoms with van der Waals surface area (Å²) in [5.41, 5.74) is 3.55. The van der Waals surface area contributed by atoms with E-state index < -0.39 is 11.4 Å². The predicted octanol–water partition coefficient (Wildman–Crippen LogP) is 6.09. The number of nitrogens with zero attached hydrogens (tertiary/aromatic N) is 1. The Balaban J connectivity index is 1.93. The van der Waals surface area contributed by atoms with Gasteiger partial charge in [0, 0.05) is 29.6 Å². The van der Waals surface area contributed by atoms with Gasteiger partial charge in [0.1, 0.15) is 11.4 Å². The molecule has 1 atom stereocenters. The molecule has 1 heterocycles. The Morgan fingerprint density at radius 2 is 1.76 bits per heavy atom. The zero-order chi connectivity index (χ0) is 27.3. The lowest BCUT2D eigenvalue weighted by atomic mass is 9.91. The first-order valence-electron chi connectivity index (χ1n) is 12.1. The number of allylic oxidation sites excluding steroid dienone is 1. The van der Waals surface area contributed by atoms with E-state index >= 15 is 0 Å². The molecule has 0 aliphatic heterocycles. The molecule has 194 valence electrons. The van der Waals surface area contributed by atoms with Crippen molar-refractivity contribution in [1.29, 1.82) is 0 Å². The van der Waals surface area contributed by atoms with E-state index in [0.717, 1.165) is 0 Å². The fourth-order valence-corrected chi connectivity index (χ4v) is 4.90. The third-order valence-corrected chi connectivity index (χ3v) is 7.07. The summed E-state index contributed by atoms with van der Waals surface area (Å²) >= 11 is -1.60. The van der Waals surface area contributed by atoms with E-state index in [2.05, 4.69) is 30.1 Å². The monoisotopic (exact) mass is 520 g/mol. The van der Waals surface area contributed by atoms with Crippen LogP contribution >= 0.6 is 0 Å². The highest BCUT2D eigenvalue weighted by atomic mass is 32.2. The number of rotatable bonds is 11. The number of aryl methyl sites for hydroxylation is 1. The van der Waals surface area contributed by atoms with Crippen LogP contribution in [0.1, 0.15) is 78.4 Å². The molecule has 0 aliphatic rings. The summed E-state index contributed by atoms with van der Waals surface area (Å²) in [4.78, 5) is 42.1. The minimum absolute atomic E-state index is 0.179. The number of esters is 1. The van der Waals surface area contributed by atoms with Gasteiger partial charge in [-0.2, -0.15) is 0 Å². The summed E-state index contributed by atoms with van der Waals surface area (Å²) < 4.78 is 21.0. The number of pyridine rings is 1. The van der Waals surface area contributed by atoms with Gasteiger partial charge in [0.15, 0.2) is 16.5 Å². The van der Waals surface area contributed by atoms with Crippen LogP contribution < -0.4 is 4.72 Å². The van der Waals surface area contributed by atoms with Gasteiger partial charge in [0.25, 0.3) is 0 Å². The smallest absolute Gasteiger partial charge is 0.302 e. The Bertz CT molecular complexity index is 1350. The van der Waals surface area contributed by atoms with Crippen molar-refractivity contribution in [3.8, 4) is 0 Å². The van der Waals surface area contributed by atoms with Crippen LogP contribution in [0.25, 0.3) is 10.9 Å². The maximum absolute atomic E-state index is 13.3. The van der Waals surface area contributed by atoms with Crippen LogP contribution in [0.4, 0.5) is 5.69 Å². The van der Waals surface area contributed by atoms with Gasteiger partial charge in [0.2, 0.25) is 0 Å². The fourth-order valence-electron chi connectivity index (χ4n) is 4.02. The van der Waals surface area contributed by atoms with Crippen LogP contribution in [0.2, 0.25) is 0 Å². The van der Waals surface area contributed by atoms with Crippen molar-refractivity contribution in [2.45, 2.75) is 58.3 Å². The highest BCUT2D eigenvalue weighted by molar-refractivity contribution is 7.92. The van der Waals surface area contributed by atoms with E-state index in [4.69, 9.17) is 4.74 Å². The SMILES string of the molecule is C=C(CCCOC(C)=O)C(=O)c1c(C)nc2ccc([S+]([O-])Nc3ccc(C(C)C)cc3)cc2c1C(C)=O. The number of ketones is 2. The lowest BCUT2D eigenvalue weighted by Crippen LogP contribution is -2.16. The molecular weight excluding hydrogens is 488 g/mol. The number of anilines is 1. The number of fused-ring (bicyclic) bond motifs is 1. The number of nitrogens with one attached hydrogen (secondary N) is 1. The molecule has 1 N–H and O–H groups in total. The fraction of sp³-hybridized carbons (Fsp3) is 0.310. The molecule has 0 aliphatic carbocycles. The van der Waals surface area contributed by atoms with Crippen molar-refractivity contribution in [1.82, 2.24) is 4.98 Å². The zero-order valence-electron chi connectivity index (χ0n) is 21.8. The molecule has 3 aromatic rings. The Labute approximate surface area is 220 Å². The largest absolute Gasteiger partial charge is 0.588 e. The molecule has 3 rings (SSSR count). The molecule has 37 heavy (non-hydrogen) atoms. The molecule has 1 unspecified atom stereocenters. The highest BCUT2D eigenvalue weighted by Gasteiger charge is 2.25. The van der Waals surface area contributed by atoms with Crippen molar-refractivity contribution < 1.29 is 23.7 Å². The van der Waals surface area contributed by atoms with Gasteiger partial charge in [-0.15, -0.1) is 0 Å². The Morgan fingerprint density at radius 1 is 1.08 bits per heavy atom. The first kappa shape index (κ1) is 28.1. The molecular formula is C29H32N2O5S. The van der Waals surface area contributed by atoms with Gasteiger partial charge in [-0.3, -0.25) is 19.4 Å². The van der Waals surface area contributed by atoms with Crippen LogP contribution in [0, 0.1) is 6.92 Å². The number of benzene rings is 2. The van der Waals surface area contributed by atoms with Gasteiger partial charge in [-0.05, 0) is 68.0 Å². The molecule has 0 spiro atoms. The highest BCUT2D eigenvalue weighted by Crippen LogP contribution is 2.29. The number of hydrogen-bond donors (Lipinski definition) is 1. The quantitative estimate of drug-likeness (QED) is 0.107. The number of carbonyl (C=O) groups is 3. The van der Waals surface area contributed by atoms with E-state index in [-0.39, 0.29) is 35.3 Å². The summed E-state index contributed by atoms with van der Waals surface area (Å²) in [6.07, 6.45) is 0.747. The van der Waals surface area contributed by atoms with Crippen LogP contribution in [0.15, 0.2) is 59.5 Å². The van der Waals surface area contributed by atoms with Crippen molar-refractivity contribution in [2.75, 3.05) is 11.3 Å². The molecule has 0 bridgehead atoms. The Morgan fingerprint density at radius 3 is 2.35 bits per heavy atom. The van der Waals surface area contributed by atoms with Crippen LogP contribution in [0.5, 0.6) is 0 Å². The second-order valence-corrected chi connectivity index (χ2v) is 10.4. The number of aromatic nitrogens is 1. The lowest BCUT2D eigenvalue weighted by Gasteiger charge is -2.16. The lowest BCUT2D eigenvalue weighted by molar-refractivity contribution is -0.141. The maximum atomic E-state index is 13.3. The average molecular weight is 521 g/mol. The van der Waals surface area contributed by atoms with Crippen LogP contribution in [-0.2, 0) is 20.9 Å². The molecule has 8 heteroatoms. The molecule has 0 radical (unpaired) electrons. The minimum atomic E-state index is -1.60. The van der Waals surface area contributed by atoms with E-state index in [0.29, 0.717) is 51.5 Å². The number of hydrogen-bond acceptors (Lipinski definition) is 7. The summed E-state index contributed by atoms with van der Waals surface area (Å²) in [6.45, 7) is 12.7. The third-order valence-electron chi connectivity index (χ3n) is 5.97. The van der Waals surface area contributed by atoms with E-state index in [1.165, 1.54) is 19.4 Å². The average Bonchev–Trinajstić information content (AvgIpc) is 2.85. The molecule has 2 aromatic carbocycles. The van der Waals surface area contributed by atoms with Crippen LogP contribution in [0.3, 0.4) is 0 Å². The molecule has 0 fully saturated rings. The summed E-state index contributed by atoms with van der Waals surface area (Å²) in [5, 5.41) is 0.456. The van der Waals surface area contributed by atoms with Crippen molar-refractivity contribution in [2.24, 2.45) is 0 Å². The zero-order valence-corrected chi connectivity index (χ0v) is 22.7. The van der Waals surface area contributed by atoms with Gasteiger partial charge >= 0.3 is 5.97 Å². The molecule has 0 saturated heterocycles. The number of carbonyl (C=O) groups excluding carboxylic acids is 3. The predicted molar refractivity (Wildman–Crippen MR) is 146 cm³/mol. The van der Waals surface area contributed by atoms with Gasteiger partial charge in [-0.25, -0.2) is 4.72 Å². The molecule has 1 aromatic heterocycles. The van der Waals surface area contributed by atoms with Crippen molar-refractivity contribution in [3.05, 3.63) is 77.0 Å². The van der Waals surface area contributed by atoms with Gasteiger partial charge in [-0.1, -0.05) is 32.6 Å². The van der Waals surface area contributed by atoms with Crippen molar-refractivity contribution in [3.63, 3.8) is 0 Å². The summed E-state index contributed by atoms with van der Waals surface area (Å²) in [7, 11) is 0. The van der Waals surface area contributed by atoms with E-state index in [1.807, 2.05) is 24.3 Å². The van der Waals surface area contributed by atoms with E-state index in [9.17, 15) is 18.9 Å². The topological polar surface area (TPSA) is 108 Å². The van der Waals surface area contributed by atoms with Crippen molar-refractivity contribution >= 4 is 45.5 Å². The first-order valence-corrected chi connectivity index (χ1v) is 13.2. The maximum Gasteiger partial charge on any atom is 0.302 e. The second-order valence-electron chi connectivity index (χ2n) is 9.21. The number of Topliss-reactive ketones (excluding diaryl/α,β-unsaturated/α-hetero) is 2. The Kier molecular flexibility index (Phi) is 9.23. The molecule has 7 nitrogen and oxygen atoms in total. The normalized spacial score (nSPS) is 11.9. The first-order chi connectivity index (χ1) is 17.5. The Hall–Kier alpha value is -3.49. The summed E-state index contributed by atoms with van der Waals surface area (Å²) in [5.74, 6) is -0.676. The van der Waals surface area contributed by atoms with Crippen LogP contribution in [-0.4, -0.2) is 33.7 Å². The third kappa shape index (κ3) is 6.84. The van der Waals surface area contributed by atoms with Gasteiger partial charge in [0.05, 0.1) is 23.4 Å². The summed E-state index contributed by atoms with van der Waals surface area (Å²) in [6, 6.07) is 12.8. The molecule has 0 saturated carbocycles. The van der Waals surface area contributed by atoms with Gasteiger partial charge < -0.3 is 9.29 Å². The second kappa shape index (κ2) is 12.2. The van der Waals surface area contributed by atoms with E-state index in [1.54, 1.807) is 25.1 Å².